The van der Waals surface area contributed by atoms with Gasteiger partial charge in [0.15, 0.2) is 10.6 Å². The topological polar surface area (TPSA) is 77.5 Å². The SMILES string of the molecule is Cn1c(=NC(=O)C=Cc2ccc([N+](=O)[O-])s2)sc2cc(F)cc(F)c21. The van der Waals surface area contributed by atoms with Gasteiger partial charge in [0.2, 0.25) is 0 Å². The molecular weight excluding hydrogens is 372 g/mol. The Hall–Kier alpha value is -2.72. The van der Waals surface area contributed by atoms with Crippen molar-refractivity contribution in [2.24, 2.45) is 12.0 Å². The van der Waals surface area contributed by atoms with Crippen LogP contribution in [0.2, 0.25) is 0 Å². The van der Waals surface area contributed by atoms with Gasteiger partial charge in [-0.15, -0.1) is 0 Å². The fourth-order valence-electron chi connectivity index (χ4n) is 2.12. The lowest BCUT2D eigenvalue weighted by Gasteiger charge is -1.97. The molecule has 2 aromatic heterocycles. The number of aromatic nitrogens is 1. The normalized spacial score (nSPS) is 12.4. The van der Waals surface area contributed by atoms with Crippen LogP contribution in [0.1, 0.15) is 4.88 Å². The van der Waals surface area contributed by atoms with E-state index in [9.17, 15) is 23.7 Å². The van der Waals surface area contributed by atoms with E-state index >= 15 is 0 Å². The van der Waals surface area contributed by atoms with Gasteiger partial charge in [-0.05, 0) is 18.2 Å². The summed E-state index contributed by atoms with van der Waals surface area (Å²) in [5, 5.41) is 10.6. The highest BCUT2D eigenvalue weighted by Crippen LogP contribution is 2.25. The highest BCUT2D eigenvalue weighted by molar-refractivity contribution is 7.16. The molecule has 0 fully saturated rings. The molecule has 0 bridgehead atoms. The molecular formula is C15H9F2N3O3S2. The van der Waals surface area contributed by atoms with Crippen LogP contribution in [0.25, 0.3) is 16.3 Å². The minimum absolute atomic E-state index is 0.0301. The van der Waals surface area contributed by atoms with Crippen LogP contribution in [0.5, 0.6) is 0 Å². The number of aryl methyl sites for hydroxylation is 1. The van der Waals surface area contributed by atoms with E-state index in [0.29, 0.717) is 9.58 Å². The van der Waals surface area contributed by atoms with Crippen LogP contribution < -0.4 is 4.80 Å². The Morgan fingerprint density at radius 3 is 2.76 bits per heavy atom. The molecule has 0 radical (unpaired) electrons. The lowest BCUT2D eigenvalue weighted by atomic mass is 10.3. The number of amides is 1. The van der Waals surface area contributed by atoms with Gasteiger partial charge in [-0.25, -0.2) is 8.78 Å². The Labute approximate surface area is 147 Å². The van der Waals surface area contributed by atoms with E-state index in [4.69, 9.17) is 0 Å². The molecule has 128 valence electrons. The standard InChI is InChI=1S/C15H9F2N3O3S2/c1-19-14-10(17)6-8(16)7-11(14)25-15(19)18-12(21)4-2-9-3-5-13(24-9)20(22)23/h2-7H,1H3. The first-order chi connectivity index (χ1) is 11.8. The number of thiophene rings is 1. The highest BCUT2D eigenvalue weighted by atomic mass is 32.1. The molecule has 0 saturated heterocycles. The molecule has 0 aliphatic carbocycles. The number of thiazole rings is 1. The van der Waals surface area contributed by atoms with Crippen molar-refractivity contribution in [2.45, 2.75) is 0 Å². The van der Waals surface area contributed by atoms with Crippen LogP contribution in [-0.4, -0.2) is 15.4 Å². The number of carbonyl (C=O) groups is 1. The van der Waals surface area contributed by atoms with Crippen molar-refractivity contribution in [3.05, 3.63) is 61.8 Å². The van der Waals surface area contributed by atoms with Gasteiger partial charge in [-0.1, -0.05) is 22.7 Å². The van der Waals surface area contributed by atoms with E-state index in [1.165, 1.54) is 35.9 Å². The molecule has 0 aliphatic rings. The van der Waals surface area contributed by atoms with Gasteiger partial charge in [-0.3, -0.25) is 14.9 Å². The first-order valence-electron chi connectivity index (χ1n) is 6.81. The summed E-state index contributed by atoms with van der Waals surface area (Å²) in [7, 11) is 1.53. The van der Waals surface area contributed by atoms with E-state index in [1.54, 1.807) is 0 Å². The Balaban J connectivity index is 1.92. The number of rotatable bonds is 3. The Bertz CT molecular complexity index is 1100. The zero-order chi connectivity index (χ0) is 18.1. The van der Waals surface area contributed by atoms with Gasteiger partial charge in [0, 0.05) is 30.1 Å². The summed E-state index contributed by atoms with van der Waals surface area (Å²) in [6.45, 7) is 0. The fourth-order valence-corrected chi connectivity index (χ4v) is 3.91. The van der Waals surface area contributed by atoms with Crippen molar-refractivity contribution < 1.29 is 18.5 Å². The van der Waals surface area contributed by atoms with E-state index in [0.717, 1.165) is 34.8 Å². The molecule has 0 aliphatic heterocycles. The Kier molecular flexibility index (Phi) is 4.55. The number of nitrogens with zero attached hydrogens (tertiary/aromatic N) is 3. The smallest absolute Gasteiger partial charge is 0.317 e. The third-order valence-electron chi connectivity index (χ3n) is 3.21. The first-order valence-corrected chi connectivity index (χ1v) is 8.44. The van der Waals surface area contributed by atoms with Crippen molar-refractivity contribution in [1.82, 2.24) is 4.57 Å². The van der Waals surface area contributed by atoms with E-state index in [-0.39, 0.29) is 15.3 Å². The second-order valence-corrected chi connectivity index (χ2v) is 7.00. The molecule has 2 heterocycles. The van der Waals surface area contributed by atoms with Crippen molar-refractivity contribution >= 4 is 49.9 Å². The summed E-state index contributed by atoms with van der Waals surface area (Å²) in [5.41, 5.74) is 0.163. The molecule has 1 aromatic carbocycles. The largest absolute Gasteiger partial charge is 0.324 e. The number of fused-ring (bicyclic) bond motifs is 1. The number of hydrogen-bond donors (Lipinski definition) is 0. The number of benzene rings is 1. The quantitative estimate of drug-likeness (QED) is 0.395. The van der Waals surface area contributed by atoms with Crippen LogP contribution >= 0.6 is 22.7 Å². The van der Waals surface area contributed by atoms with Gasteiger partial charge >= 0.3 is 5.00 Å². The Morgan fingerprint density at radius 2 is 2.08 bits per heavy atom. The monoisotopic (exact) mass is 381 g/mol. The average molecular weight is 381 g/mol. The van der Waals surface area contributed by atoms with Crippen LogP contribution in [0.4, 0.5) is 13.8 Å². The molecule has 25 heavy (non-hydrogen) atoms. The van der Waals surface area contributed by atoms with Crippen molar-refractivity contribution in [3.8, 4) is 0 Å². The molecule has 3 aromatic rings. The predicted octanol–water partition coefficient (Wildman–Crippen LogP) is 3.63. The molecule has 3 rings (SSSR count). The maximum atomic E-state index is 13.8. The predicted molar refractivity (Wildman–Crippen MR) is 91.3 cm³/mol. The molecule has 0 saturated carbocycles. The summed E-state index contributed by atoms with van der Waals surface area (Å²) >= 11 is 1.91. The molecule has 1 amide bonds. The van der Waals surface area contributed by atoms with Crippen LogP contribution in [0.15, 0.2) is 35.3 Å². The minimum Gasteiger partial charge on any atom is -0.317 e. The van der Waals surface area contributed by atoms with E-state index in [2.05, 4.69) is 4.99 Å². The van der Waals surface area contributed by atoms with Gasteiger partial charge in [0.05, 0.1) is 15.1 Å². The second kappa shape index (κ2) is 6.65. The van der Waals surface area contributed by atoms with E-state index < -0.39 is 22.5 Å². The highest BCUT2D eigenvalue weighted by Gasteiger charge is 2.11. The summed E-state index contributed by atoms with van der Waals surface area (Å²) in [5.74, 6) is -2.05. The van der Waals surface area contributed by atoms with Crippen LogP contribution in [0.3, 0.4) is 0 Å². The summed E-state index contributed by atoms with van der Waals surface area (Å²) in [6.07, 6.45) is 2.58. The summed E-state index contributed by atoms with van der Waals surface area (Å²) < 4.78 is 28.8. The summed E-state index contributed by atoms with van der Waals surface area (Å²) in [4.78, 5) is 26.7. The average Bonchev–Trinajstić information content (AvgIpc) is 3.11. The second-order valence-electron chi connectivity index (χ2n) is 4.89. The van der Waals surface area contributed by atoms with Gasteiger partial charge in [0.1, 0.15) is 5.82 Å². The van der Waals surface area contributed by atoms with Gasteiger partial charge in [-0.2, -0.15) is 4.99 Å². The zero-order valence-corrected chi connectivity index (χ0v) is 14.2. The third-order valence-corrected chi connectivity index (χ3v) is 5.29. The van der Waals surface area contributed by atoms with E-state index in [1.807, 2.05) is 0 Å². The molecule has 0 spiro atoms. The minimum atomic E-state index is -0.732. The van der Waals surface area contributed by atoms with Gasteiger partial charge in [0.25, 0.3) is 5.91 Å². The fraction of sp³-hybridized carbons (Fsp3) is 0.0667. The first kappa shape index (κ1) is 17.1. The summed E-state index contributed by atoms with van der Waals surface area (Å²) in [6, 6.07) is 4.80. The number of halogens is 2. The maximum absolute atomic E-state index is 13.8. The number of carbonyl (C=O) groups excluding carboxylic acids is 1. The van der Waals surface area contributed by atoms with Crippen LogP contribution in [0, 0.1) is 21.7 Å². The Morgan fingerprint density at radius 1 is 1.32 bits per heavy atom. The van der Waals surface area contributed by atoms with Crippen molar-refractivity contribution in [3.63, 3.8) is 0 Å². The molecule has 0 atom stereocenters. The molecule has 6 nitrogen and oxygen atoms in total. The van der Waals surface area contributed by atoms with Crippen molar-refractivity contribution in [1.29, 1.82) is 0 Å². The number of hydrogen-bond acceptors (Lipinski definition) is 5. The molecule has 10 heteroatoms. The lowest BCUT2D eigenvalue weighted by molar-refractivity contribution is -0.380. The third kappa shape index (κ3) is 3.54. The number of nitro groups is 1. The van der Waals surface area contributed by atoms with Crippen LogP contribution in [-0.2, 0) is 11.8 Å². The lowest BCUT2D eigenvalue weighted by Crippen LogP contribution is -2.12. The van der Waals surface area contributed by atoms with Crippen molar-refractivity contribution in [2.75, 3.05) is 0 Å². The molecule has 0 unspecified atom stereocenters. The van der Waals surface area contributed by atoms with Gasteiger partial charge < -0.3 is 4.57 Å². The zero-order valence-electron chi connectivity index (χ0n) is 12.6. The maximum Gasteiger partial charge on any atom is 0.324 e. The molecule has 0 N–H and O–H groups in total.